The lowest BCUT2D eigenvalue weighted by Gasteiger charge is -2.23. The van der Waals surface area contributed by atoms with E-state index in [2.05, 4.69) is 0 Å². The zero-order chi connectivity index (χ0) is 19.6. The highest BCUT2D eigenvalue weighted by Gasteiger charge is 2.30. The molecule has 0 radical (unpaired) electrons. The summed E-state index contributed by atoms with van der Waals surface area (Å²) in [6, 6.07) is 12.7. The van der Waals surface area contributed by atoms with Gasteiger partial charge in [-0.25, -0.2) is 4.79 Å². The fraction of sp³-hybridized carbons (Fsp3) is 0.273. The minimum absolute atomic E-state index is 0.0110. The summed E-state index contributed by atoms with van der Waals surface area (Å²) in [7, 11) is 1.61. The van der Waals surface area contributed by atoms with Crippen molar-refractivity contribution in [3.8, 4) is 11.5 Å². The van der Waals surface area contributed by atoms with Crippen molar-refractivity contribution >= 4 is 17.8 Å². The number of carboxylic acids is 1. The Hall–Kier alpha value is -3.08. The Morgan fingerprint density at radius 2 is 1.89 bits per heavy atom. The topological polar surface area (TPSA) is 72.8 Å². The molecule has 0 saturated heterocycles. The van der Waals surface area contributed by atoms with Gasteiger partial charge in [0.15, 0.2) is 11.4 Å². The highest BCUT2D eigenvalue weighted by Crippen LogP contribution is 2.31. The third-order valence-corrected chi connectivity index (χ3v) is 4.60. The van der Waals surface area contributed by atoms with Gasteiger partial charge in [0.1, 0.15) is 11.5 Å². The van der Waals surface area contributed by atoms with Gasteiger partial charge in [0.25, 0.3) is 0 Å². The molecule has 0 saturated carbocycles. The van der Waals surface area contributed by atoms with Crippen LogP contribution in [0.4, 0.5) is 0 Å². The van der Waals surface area contributed by atoms with Crippen molar-refractivity contribution < 1.29 is 24.2 Å². The fourth-order valence-corrected chi connectivity index (χ4v) is 3.03. The lowest BCUT2D eigenvalue weighted by molar-refractivity contribution is -0.152. The van der Waals surface area contributed by atoms with Gasteiger partial charge in [-0.15, -0.1) is 0 Å². The molecule has 2 aromatic rings. The molecular weight excluding hydrogens is 344 g/mol. The largest absolute Gasteiger partial charge is 0.497 e. The highest BCUT2D eigenvalue weighted by molar-refractivity contribution is 6.13. The maximum absolute atomic E-state index is 12.8. The standard InChI is InChI=1S/C22H22O5/c1-22(2,21(24)25)27-18-9-10-19-15(13-18)7-8-16(20(19)23)11-14-5-4-6-17(12-14)26-3/h4-6,9-13H,7-8H2,1-3H3,(H,24,25). The van der Waals surface area contributed by atoms with Gasteiger partial charge in [-0.2, -0.15) is 0 Å². The van der Waals surface area contributed by atoms with Gasteiger partial charge in [-0.1, -0.05) is 12.1 Å². The molecule has 1 N–H and O–H groups in total. The Kier molecular flexibility index (Phi) is 5.04. The molecule has 0 aliphatic heterocycles. The van der Waals surface area contributed by atoms with Crippen LogP contribution in [0.25, 0.3) is 6.08 Å². The molecule has 0 atom stereocenters. The normalized spacial score (nSPS) is 15.4. The van der Waals surface area contributed by atoms with Gasteiger partial charge in [-0.05, 0) is 74.2 Å². The number of hydrogen-bond donors (Lipinski definition) is 1. The number of carboxylic acid groups (broad SMARTS) is 1. The first-order valence-electron chi connectivity index (χ1n) is 8.75. The van der Waals surface area contributed by atoms with Crippen molar-refractivity contribution in [3.05, 3.63) is 64.7 Å². The second-order valence-corrected chi connectivity index (χ2v) is 7.01. The van der Waals surface area contributed by atoms with E-state index in [-0.39, 0.29) is 5.78 Å². The smallest absolute Gasteiger partial charge is 0.347 e. The number of ketones is 1. The van der Waals surface area contributed by atoms with Gasteiger partial charge in [-0.3, -0.25) is 4.79 Å². The first-order valence-corrected chi connectivity index (χ1v) is 8.75. The molecule has 27 heavy (non-hydrogen) atoms. The average molecular weight is 366 g/mol. The van der Waals surface area contributed by atoms with Crippen molar-refractivity contribution in [2.45, 2.75) is 32.3 Å². The van der Waals surface area contributed by atoms with E-state index < -0.39 is 11.6 Å². The number of rotatable bonds is 5. The van der Waals surface area contributed by atoms with Crippen LogP contribution in [0.15, 0.2) is 48.0 Å². The number of ether oxygens (including phenoxy) is 2. The highest BCUT2D eigenvalue weighted by atomic mass is 16.5. The second-order valence-electron chi connectivity index (χ2n) is 7.01. The molecule has 5 nitrogen and oxygen atoms in total. The summed E-state index contributed by atoms with van der Waals surface area (Å²) < 4.78 is 10.8. The van der Waals surface area contributed by atoms with Crippen LogP contribution < -0.4 is 9.47 Å². The van der Waals surface area contributed by atoms with E-state index in [9.17, 15) is 14.7 Å². The Morgan fingerprint density at radius 3 is 2.59 bits per heavy atom. The Labute approximate surface area is 158 Å². The SMILES string of the molecule is COc1cccc(C=C2CCc3cc(OC(C)(C)C(=O)O)ccc3C2=O)c1. The maximum Gasteiger partial charge on any atom is 0.347 e. The van der Waals surface area contributed by atoms with Crippen LogP contribution in [0.3, 0.4) is 0 Å². The lowest BCUT2D eigenvalue weighted by atomic mass is 9.86. The van der Waals surface area contributed by atoms with Gasteiger partial charge in [0.2, 0.25) is 0 Å². The van der Waals surface area contributed by atoms with Crippen molar-refractivity contribution in [3.63, 3.8) is 0 Å². The molecule has 0 aromatic heterocycles. The summed E-state index contributed by atoms with van der Waals surface area (Å²) in [5.74, 6) is 0.146. The van der Waals surface area contributed by atoms with Crippen LogP contribution in [-0.4, -0.2) is 29.6 Å². The van der Waals surface area contributed by atoms with Crippen LogP contribution >= 0.6 is 0 Å². The molecule has 1 aliphatic rings. The molecule has 2 aromatic carbocycles. The van der Waals surface area contributed by atoms with Crippen LogP contribution in [0.5, 0.6) is 11.5 Å². The predicted molar refractivity (Wildman–Crippen MR) is 102 cm³/mol. The number of allylic oxidation sites excluding steroid dienone is 1. The zero-order valence-electron chi connectivity index (χ0n) is 15.6. The summed E-state index contributed by atoms with van der Waals surface area (Å²) in [6.07, 6.45) is 3.21. The van der Waals surface area contributed by atoms with E-state index in [1.165, 1.54) is 13.8 Å². The van der Waals surface area contributed by atoms with Crippen molar-refractivity contribution in [2.24, 2.45) is 0 Å². The van der Waals surface area contributed by atoms with Crippen LogP contribution in [0.1, 0.15) is 41.8 Å². The summed E-state index contributed by atoms with van der Waals surface area (Å²) >= 11 is 0. The van der Waals surface area contributed by atoms with Gasteiger partial charge in [0, 0.05) is 11.1 Å². The molecule has 0 fully saturated rings. The van der Waals surface area contributed by atoms with Gasteiger partial charge >= 0.3 is 5.97 Å². The fourth-order valence-electron chi connectivity index (χ4n) is 3.03. The summed E-state index contributed by atoms with van der Waals surface area (Å²) in [4.78, 5) is 24.1. The van der Waals surface area contributed by atoms with Crippen molar-refractivity contribution in [1.29, 1.82) is 0 Å². The summed E-state index contributed by atoms with van der Waals surface area (Å²) in [5, 5.41) is 9.20. The van der Waals surface area contributed by atoms with Crippen LogP contribution in [0, 0.1) is 0 Å². The third kappa shape index (κ3) is 4.03. The van der Waals surface area contributed by atoms with Gasteiger partial charge < -0.3 is 14.6 Å². The molecular formula is C22H22O5. The number of hydrogen-bond acceptors (Lipinski definition) is 4. The minimum Gasteiger partial charge on any atom is -0.497 e. The van der Waals surface area contributed by atoms with Crippen LogP contribution in [0.2, 0.25) is 0 Å². The number of aliphatic carboxylic acids is 1. The lowest BCUT2D eigenvalue weighted by Crippen LogP contribution is -2.37. The van der Waals surface area contributed by atoms with E-state index in [0.29, 0.717) is 24.2 Å². The van der Waals surface area contributed by atoms with E-state index >= 15 is 0 Å². The summed E-state index contributed by atoms with van der Waals surface area (Å²) in [5.41, 5.74) is 1.85. The second kappa shape index (κ2) is 7.27. The molecule has 5 heteroatoms. The van der Waals surface area contributed by atoms with E-state index in [4.69, 9.17) is 9.47 Å². The first-order chi connectivity index (χ1) is 12.8. The molecule has 1 aliphatic carbocycles. The monoisotopic (exact) mass is 366 g/mol. The molecule has 0 spiro atoms. The zero-order valence-corrected chi connectivity index (χ0v) is 15.6. The maximum atomic E-state index is 12.8. The molecule has 0 unspecified atom stereocenters. The number of fused-ring (bicyclic) bond motifs is 1. The number of Topliss-reactive ketones (excluding diaryl/α,β-unsaturated/α-hetero) is 1. The van der Waals surface area contributed by atoms with Gasteiger partial charge in [0.05, 0.1) is 7.11 Å². The van der Waals surface area contributed by atoms with Crippen LogP contribution in [-0.2, 0) is 11.2 Å². The predicted octanol–water partition coefficient (Wildman–Crippen LogP) is 4.15. The molecule has 0 amide bonds. The number of aryl methyl sites for hydroxylation is 1. The number of carbonyl (C=O) groups is 2. The third-order valence-electron chi connectivity index (χ3n) is 4.60. The Morgan fingerprint density at radius 1 is 1.11 bits per heavy atom. The minimum atomic E-state index is -1.33. The molecule has 0 bridgehead atoms. The molecule has 3 rings (SSSR count). The van der Waals surface area contributed by atoms with E-state index in [1.54, 1.807) is 25.3 Å². The number of benzene rings is 2. The number of carbonyl (C=O) groups excluding carboxylic acids is 1. The molecule has 0 heterocycles. The average Bonchev–Trinajstić information content (AvgIpc) is 2.64. The molecule has 140 valence electrons. The van der Waals surface area contributed by atoms with Crippen molar-refractivity contribution in [1.82, 2.24) is 0 Å². The first kappa shape index (κ1) is 18.7. The Bertz CT molecular complexity index is 924. The Balaban J connectivity index is 1.85. The van der Waals surface area contributed by atoms with E-state index in [1.807, 2.05) is 30.3 Å². The summed E-state index contributed by atoms with van der Waals surface area (Å²) in [6.45, 7) is 2.99. The quantitative estimate of drug-likeness (QED) is 0.805. The van der Waals surface area contributed by atoms with Crippen molar-refractivity contribution in [2.75, 3.05) is 7.11 Å². The van der Waals surface area contributed by atoms with E-state index in [0.717, 1.165) is 22.4 Å². The number of methoxy groups -OCH3 is 1.